The van der Waals surface area contributed by atoms with Gasteiger partial charge in [-0.2, -0.15) is 0 Å². The van der Waals surface area contributed by atoms with Gasteiger partial charge in [0.2, 0.25) is 0 Å². The summed E-state index contributed by atoms with van der Waals surface area (Å²) in [6, 6.07) is 2.26. The van der Waals surface area contributed by atoms with Crippen LogP contribution in [0.4, 0.5) is 0 Å². The Morgan fingerprint density at radius 3 is 2.67 bits per heavy atom. The fourth-order valence-electron chi connectivity index (χ4n) is 2.66. The molecule has 1 aliphatic carbocycles. The standard InChI is InChI=1S/C11H12Br2OS/c1-5-6(2-9(12)15-5)11(13)10-7-3-14-4-8(7)10/h2,7-8,10-11H,3-4H2,1H3. The minimum Gasteiger partial charge on any atom is -0.381 e. The van der Waals surface area contributed by atoms with E-state index in [9.17, 15) is 0 Å². The lowest BCUT2D eigenvalue weighted by atomic mass is 10.1. The molecule has 3 unspecified atom stereocenters. The topological polar surface area (TPSA) is 9.23 Å². The Bertz CT molecular complexity index is 380. The second-order valence-corrected chi connectivity index (χ2v) is 8.03. The normalized spacial score (nSPS) is 35.3. The van der Waals surface area contributed by atoms with Gasteiger partial charge in [0.15, 0.2) is 0 Å². The molecule has 2 heterocycles. The van der Waals surface area contributed by atoms with Crippen LogP contribution >= 0.6 is 43.2 Å². The van der Waals surface area contributed by atoms with E-state index in [1.807, 2.05) is 11.3 Å². The first kappa shape index (κ1) is 10.8. The predicted molar refractivity (Wildman–Crippen MR) is 69.7 cm³/mol. The van der Waals surface area contributed by atoms with Gasteiger partial charge in [-0.1, -0.05) is 15.9 Å². The van der Waals surface area contributed by atoms with Crippen molar-refractivity contribution in [2.45, 2.75) is 11.8 Å². The zero-order valence-corrected chi connectivity index (χ0v) is 12.4. The van der Waals surface area contributed by atoms with Crippen LogP contribution in [0.5, 0.6) is 0 Å². The third-order valence-corrected chi connectivity index (χ3v) is 6.25. The quantitative estimate of drug-likeness (QED) is 0.727. The number of hydrogen-bond donors (Lipinski definition) is 0. The van der Waals surface area contributed by atoms with Gasteiger partial charge in [-0.3, -0.25) is 0 Å². The number of fused-ring (bicyclic) bond motifs is 1. The predicted octanol–water partition coefficient (Wildman–Crippen LogP) is 4.15. The number of ether oxygens (including phenoxy) is 1. The van der Waals surface area contributed by atoms with Crippen LogP contribution in [0, 0.1) is 24.7 Å². The first-order chi connectivity index (χ1) is 7.18. The number of thiophene rings is 1. The van der Waals surface area contributed by atoms with E-state index in [2.05, 4.69) is 44.8 Å². The molecule has 1 nitrogen and oxygen atoms in total. The lowest BCUT2D eigenvalue weighted by molar-refractivity contribution is 0.151. The third kappa shape index (κ3) is 1.74. The summed E-state index contributed by atoms with van der Waals surface area (Å²) in [5.74, 6) is 2.43. The van der Waals surface area contributed by atoms with E-state index in [-0.39, 0.29) is 0 Å². The van der Waals surface area contributed by atoms with Crippen LogP contribution in [0.15, 0.2) is 9.85 Å². The lowest BCUT2D eigenvalue weighted by Crippen LogP contribution is -2.03. The zero-order valence-electron chi connectivity index (χ0n) is 8.37. The Kier molecular flexibility index (Phi) is 2.74. The minimum atomic E-state index is 0.527. The summed E-state index contributed by atoms with van der Waals surface area (Å²) >= 11 is 9.24. The van der Waals surface area contributed by atoms with Gasteiger partial charge in [0.25, 0.3) is 0 Å². The first-order valence-corrected chi connectivity index (χ1v) is 7.68. The van der Waals surface area contributed by atoms with Crippen LogP contribution in [0.1, 0.15) is 15.3 Å². The van der Waals surface area contributed by atoms with Gasteiger partial charge in [-0.25, -0.2) is 0 Å². The molecule has 82 valence electrons. The molecule has 1 saturated carbocycles. The summed E-state index contributed by atoms with van der Waals surface area (Å²) in [7, 11) is 0. The van der Waals surface area contributed by atoms with E-state index in [0.717, 1.165) is 31.0 Å². The van der Waals surface area contributed by atoms with Crippen LogP contribution in [0.3, 0.4) is 0 Å². The van der Waals surface area contributed by atoms with Crippen molar-refractivity contribution >= 4 is 43.2 Å². The van der Waals surface area contributed by atoms with E-state index in [1.54, 1.807) is 0 Å². The minimum absolute atomic E-state index is 0.527. The number of halogens is 2. The van der Waals surface area contributed by atoms with Crippen LogP contribution in [0.2, 0.25) is 0 Å². The molecule has 0 bridgehead atoms. The zero-order chi connectivity index (χ0) is 10.6. The van der Waals surface area contributed by atoms with Crippen molar-refractivity contribution in [1.29, 1.82) is 0 Å². The van der Waals surface area contributed by atoms with E-state index in [4.69, 9.17) is 4.74 Å². The van der Waals surface area contributed by atoms with Crippen LogP contribution in [0.25, 0.3) is 0 Å². The molecule has 0 aromatic carbocycles. The van der Waals surface area contributed by atoms with Gasteiger partial charge in [0.05, 0.1) is 17.0 Å². The fourth-order valence-corrected chi connectivity index (χ4v) is 5.83. The molecule has 0 spiro atoms. The molecule has 0 N–H and O–H groups in total. The Morgan fingerprint density at radius 2 is 2.13 bits per heavy atom. The van der Waals surface area contributed by atoms with E-state index >= 15 is 0 Å². The van der Waals surface area contributed by atoms with Crippen molar-refractivity contribution in [3.63, 3.8) is 0 Å². The van der Waals surface area contributed by atoms with Gasteiger partial charge >= 0.3 is 0 Å². The maximum atomic E-state index is 5.43. The molecule has 2 aliphatic rings. The molecule has 1 saturated heterocycles. The summed E-state index contributed by atoms with van der Waals surface area (Å²) in [6.07, 6.45) is 0. The molecule has 15 heavy (non-hydrogen) atoms. The van der Waals surface area contributed by atoms with Gasteiger partial charge in [0.1, 0.15) is 0 Å². The summed E-state index contributed by atoms with van der Waals surface area (Å²) < 4.78 is 6.67. The largest absolute Gasteiger partial charge is 0.381 e. The molecule has 0 radical (unpaired) electrons. The molecule has 3 rings (SSSR count). The van der Waals surface area contributed by atoms with Crippen LogP contribution < -0.4 is 0 Å². The maximum absolute atomic E-state index is 5.43. The van der Waals surface area contributed by atoms with Crippen LogP contribution in [-0.2, 0) is 4.74 Å². The highest BCUT2D eigenvalue weighted by molar-refractivity contribution is 9.11. The first-order valence-electron chi connectivity index (χ1n) is 5.16. The van der Waals surface area contributed by atoms with Crippen molar-refractivity contribution in [1.82, 2.24) is 0 Å². The van der Waals surface area contributed by atoms with Gasteiger partial charge in [-0.15, -0.1) is 11.3 Å². The number of rotatable bonds is 2. The Balaban J connectivity index is 1.80. The fraction of sp³-hybridized carbons (Fsp3) is 0.636. The van der Waals surface area contributed by atoms with Gasteiger partial charge < -0.3 is 4.74 Å². The smallest absolute Gasteiger partial charge is 0.0704 e. The summed E-state index contributed by atoms with van der Waals surface area (Å²) in [4.78, 5) is 1.95. The molecule has 2 fully saturated rings. The highest BCUT2D eigenvalue weighted by Gasteiger charge is 2.57. The van der Waals surface area contributed by atoms with Gasteiger partial charge in [-0.05, 0) is 52.2 Å². The van der Waals surface area contributed by atoms with E-state index < -0.39 is 0 Å². The third-order valence-electron chi connectivity index (χ3n) is 3.58. The summed E-state index contributed by atoms with van der Waals surface area (Å²) in [5.41, 5.74) is 1.46. The van der Waals surface area contributed by atoms with Crippen molar-refractivity contribution in [2.75, 3.05) is 13.2 Å². The molecule has 1 aromatic rings. The van der Waals surface area contributed by atoms with Crippen molar-refractivity contribution in [3.8, 4) is 0 Å². The van der Waals surface area contributed by atoms with E-state index in [0.29, 0.717) is 4.83 Å². The van der Waals surface area contributed by atoms with Gasteiger partial charge in [0, 0.05) is 9.70 Å². The average Bonchev–Trinajstić information content (AvgIpc) is 2.58. The molecular weight excluding hydrogens is 340 g/mol. The second-order valence-electron chi connectivity index (χ2n) is 4.41. The molecule has 3 atom stereocenters. The highest BCUT2D eigenvalue weighted by Crippen LogP contribution is 2.60. The Hall–Kier alpha value is 0.620. The molecule has 4 heteroatoms. The number of alkyl halides is 1. The van der Waals surface area contributed by atoms with E-state index in [1.165, 1.54) is 14.2 Å². The second kappa shape index (κ2) is 3.83. The summed E-state index contributed by atoms with van der Waals surface area (Å²) in [6.45, 7) is 4.15. The Labute approximate surface area is 110 Å². The number of aryl methyl sites for hydroxylation is 1. The van der Waals surface area contributed by atoms with Crippen LogP contribution in [-0.4, -0.2) is 13.2 Å². The lowest BCUT2D eigenvalue weighted by Gasteiger charge is -2.11. The van der Waals surface area contributed by atoms with Crippen molar-refractivity contribution in [3.05, 3.63) is 20.3 Å². The SMILES string of the molecule is Cc1sc(Br)cc1C(Br)C1C2COCC21. The van der Waals surface area contributed by atoms with Crippen molar-refractivity contribution < 1.29 is 4.74 Å². The maximum Gasteiger partial charge on any atom is 0.0704 e. The summed E-state index contributed by atoms with van der Waals surface area (Å²) in [5, 5.41) is 0. The average molecular weight is 352 g/mol. The molecule has 1 aliphatic heterocycles. The highest BCUT2D eigenvalue weighted by atomic mass is 79.9. The monoisotopic (exact) mass is 350 g/mol. The molecule has 1 aromatic heterocycles. The van der Waals surface area contributed by atoms with Crippen molar-refractivity contribution in [2.24, 2.45) is 17.8 Å². The molecular formula is C11H12Br2OS. The Morgan fingerprint density at radius 1 is 1.47 bits per heavy atom. The molecule has 0 amide bonds. The number of hydrogen-bond acceptors (Lipinski definition) is 2.